The van der Waals surface area contributed by atoms with Crippen LogP contribution in [0.3, 0.4) is 0 Å². The lowest BCUT2D eigenvalue weighted by Gasteiger charge is -2.23. The summed E-state index contributed by atoms with van der Waals surface area (Å²) < 4.78 is 11.5. The highest BCUT2D eigenvalue weighted by Crippen LogP contribution is 2.41. The fourth-order valence-electron chi connectivity index (χ4n) is 3.92. The molecule has 2 aromatic rings. The largest absolute Gasteiger partial charge is 0.507 e. The Balaban J connectivity index is 2.15. The molecule has 1 N–H and O–H groups in total. The van der Waals surface area contributed by atoms with E-state index >= 15 is 0 Å². The number of ketones is 1. The van der Waals surface area contributed by atoms with Crippen molar-refractivity contribution in [1.29, 1.82) is 0 Å². The molecule has 31 heavy (non-hydrogen) atoms. The molecule has 0 aliphatic carbocycles. The van der Waals surface area contributed by atoms with Gasteiger partial charge in [0, 0.05) is 12.1 Å². The van der Waals surface area contributed by atoms with E-state index in [1.165, 1.54) is 4.90 Å². The van der Waals surface area contributed by atoms with Gasteiger partial charge in [-0.05, 0) is 62.1 Å². The maximum absolute atomic E-state index is 13.0. The molecule has 0 saturated carbocycles. The molecule has 0 spiro atoms. The van der Waals surface area contributed by atoms with Crippen molar-refractivity contribution in [3.05, 3.63) is 58.6 Å². The first-order valence-electron chi connectivity index (χ1n) is 10.9. The second-order valence-corrected chi connectivity index (χ2v) is 8.13. The SMILES string of the molecule is CCCCN1C(=O)C(=O)/C(=C(\O)c2ccc(OCC)c(C(C)C)c2)C1c1ccc(C)o1. The number of aryl methyl sites for hydroxylation is 1. The average Bonchev–Trinajstić information content (AvgIpc) is 3.27. The first-order valence-corrected chi connectivity index (χ1v) is 10.9. The van der Waals surface area contributed by atoms with Gasteiger partial charge in [0.15, 0.2) is 0 Å². The summed E-state index contributed by atoms with van der Waals surface area (Å²) >= 11 is 0. The van der Waals surface area contributed by atoms with E-state index in [0.29, 0.717) is 30.2 Å². The predicted octanol–water partition coefficient (Wildman–Crippen LogP) is 5.33. The molecule has 1 fully saturated rings. The second kappa shape index (κ2) is 9.41. The number of hydrogen-bond acceptors (Lipinski definition) is 5. The van der Waals surface area contributed by atoms with Crippen molar-refractivity contribution >= 4 is 17.4 Å². The molecule has 0 bridgehead atoms. The van der Waals surface area contributed by atoms with Gasteiger partial charge in [-0.3, -0.25) is 9.59 Å². The summed E-state index contributed by atoms with van der Waals surface area (Å²) in [5.41, 5.74) is 1.47. The number of amides is 1. The number of likely N-dealkylation sites (tertiary alicyclic amines) is 1. The number of benzene rings is 1. The van der Waals surface area contributed by atoms with Gasteiger partial charge in [0.1, 0.15) is 29.1 Å². The van der Waals surface area contributed by atoms with Crippen LogP contribution < -0.4 is 4.74 Å². The molecule has 166 valence electrons. The van der Waals surface area contributed by atoms with Crippen molar-refractivity contribution in [1.82, 2.24) is 4.90 Å². The number of carbonyl (C=O) groups is 2. The number of furan rings is 1. The average molecular weight is 426 g/mol. The van der Waals surface area contributed by atoms with E-state index in [4.69, 9.17) is 9.15 Å². The van der Waals surface area contributed by atoms with E-state index in [2.05, 4.69) is 0 Å². The predicted molar refractivity (Wildman–Crippen MR) is 119 cm³/mol. The van der Waals surface area contributed by atoms with Gasteiger partial charge >= 0.3 is 0 Å². The van der Waals surface area contributed by atoms with Gasteiger partial charge in [-0.25, -0.2) is 0 Å². The van der Waals surface area contributed by atoms with Gasteiger partial charge in [0.2, 0.25) is 0 Å². The van der Waals surface area contributed by atoms with Crippen LogP contribution in [0.15, 0.2) is 40.3 Å². The number of Topliss-reactive ketones (excluding diaryl/α,β-unsaturated/α-hetero) is 1. The van der Waals surface area contributed by atoms with E-state index in [1.807, 2.05) is 40.7 Å². The third-order valence-electron chi connectivity index (χ3n) is 5.53. The quantitative estimate of drug-likeness (QED) is 0.351. The summed E-state index contributed by atoms with van der Waals surface area (Å²) in [6.07, 6.45) is 1.63. The second-order valence-electron chi connectivity index (χ2n) is 8.13. The van der Waals surface area contributed by atoms with Gasteiger partial charge in [-0.2, -0.15) is 0 Å². The highest BCUT2D eigenvalue weighted by molar-refractivity contribution is 6.46. The smallest absolute Gasteiger partial charge is 0.295 e. The summed E-state index contributed by atoms with van der Waals surface area (Å²) in [5.74, 6) is 0.571. The number of aliphatic hydroxyl groups excluding tert-OH is 1. The molecule has 3 rings (SSSR count). The number of hydrogen-bond donors (Lipinski definition) is 1. The highest BCUT2D eigenvalue weighted by Gasteiger charge is 2.47. The fraction of sp³-hybridized carbons (Fsp3) is 0.440. The number of aliphatic hydroxyl groups is 1. The number of unbranched alkanes of at least 4 members (excludes halogenated alkanes) is 1. The lowest BCUT2D eigenvalue weighted by Crippen LogP contribution is -2.30. The van der Waals surface area contributed by atoms with E-state index in [-0.39, 0.29) is 17.3 Å². The Labute approximate surface area is 183 Å². The molecule has 0 radical (unpaired) electrons. The third kappa shape index (κ3) is 4.38. The molecular formula is C25H31NO5. The minimum absolute atomic E-state index is 0.0642. The summed E-state index contributed by atoms with van der Waals surface area (Å²) in [6, 6.07) is 8.16. The van der Waals surface area contributed by atoms with Gasteiger partial charge in [0.25, 0.3) is 11.7 Å². The van der Waals surface area contributed by atoms with E-state index in [1.54, 1.807) is 24.3 Å². The Hall–Kier alpha value is -3.02. The van der Waals surface area contributed by atoms with Crippen molar-refractivity contribution in [2.45, 2.75) is 59.4 Å². The zero-order chi connectivity index (χ0) is 22.7. The molecule has 6 nitrogen and oxygen atoms in total. The van der Waals surface area contributed by atoms with Crippen molar-refractivity contribution in [3.8, 4) is 5.75 Å². The van der Waals surface area contributed by atoms with E-state index in [9.17, 15) is 14.7 Å². The molecule has 1 aliphatic heterocycles. The fourth-order valence-corrected chi connectivity index (χ4v) is 3.92. The topological polar surface area (TPSA) is 80.0 Å². The van der Waals surface area contributed by atoms with Gasteiger partial charge in [-0.15, -0.1) is 0 Å². The van der Waals surface area contributed by atoms with Crippen molar-refractivity contribution in [3.63, 3.8) is 0 Å². The van der Waals surface area contributed by atoms with Crippen molar-refractivity contribution < 1.29 is 23.8 Å². The molecule has 2 heterocycles. The molecule has 1 aromatic carbocycles. The number of nitrogens with zero attached hydrogens (tertiary/aromatic N) is 1. The lowest BCUT2D eigenvalue weighted by molar-refractivity contribution is -0.140. The van der Waals surface area contributed by atoms with Crippen LogP contribution in [-0.2, 0) is 9.59 Å². The number of ether oxygens (including phenoxy) is 1. The Morgan fingerprint density at radius 3 is 2.52 bits per heavy atom. The summed E-state index contributed by atoms with van der Waals surface area (Å²) in [4.78, 5) is 27.3. The first-order chi connectivity index (χ1) is 14.8. The maximum Gasteiger partial charge on any atom is 0.295 e. The maximum atomic E-state index is 13.0. The molecule has 1 aromatic heterocycles. The number of rotatable bonds is 8. The van der Waals surface area contributed by atoms with Crippen LogP contribution in [0.5, 0.6) is 5.75 Å². The Morgan fingerprint density at radius 1 is 1.19 bits per heavy atom. The minimum atomic E-state index is -0.741. The van der Waals surface area contributed by atoms with E-state index in [0.717, 1.165) is 24.2 Å². The zero-order valence-electron chi connectivity index (χ0n) is 18.9. The molecular weight excluding hydrogens is 394 g/mol. The first kappa shape index (κ1) is 22.7. The minimum Gasteiger partial charge on any atom is -0.507 e. The van der Waals surface area contributed by atoms with Crippen LogP contribution in [0.1, 0.15) is 75.1 Å². The Bertz CT molecular complexity index is 1000. The van der Waals surface area contributed by atoms with Crippen LogP contribution in [0.4, 0.5) is 0 Å². The number of carbonyl (C=O) groups excluding carboxylic acids is 2. The summed E-state index contributed by atoms with van der Waals surface area (Å²) in [6.45, 7) is 10.8. The molecule has 1 aliphatic rings. The molecule has 1 saturated heterocycles. The standard InChI is InChI=1S/C25H31NO5/c1-6-8-13-26-22(20-11-9-16(5)31-20)21(24(28)25(26)29)23(27)17-10-12-19(30-7-2)18(14-17)15(3)4/h9-12,14-15,22,27H,6-8,13H2,1-5H3/b23-21-. The summed E-state index contributed by atoms with van der Waals surface area (Å²) in [5, 5.41) is 11.2. The van der Waals surface area contributed by atoms with Crippen LogP contribution >= 0.6 is 0 Å². The third-order valence-corrected chi connectivity index (χ3v) is 5.53. The Morgan fingerprint density at radius 2 is 1.94 bits per heavy atom. The molecule has 1 atom stereocenters. The van der Waals surface area contributed by atoms with Crippen LogP contribution in [0.25, 0.3) is 5.76 Å². The molecule has 6 heteroatoms. The zero-order valence-corrected chi connectivity index (χ0v) is 18.9. The van der Waals surface area contributed by atoms with Gasteiger partial charge in [0.05, 0.1) is 12.2 Å². The molecule has 1 unspecified atom stereocenters. The lowest BCUT2D eigenvalue weighted by atomic mass is 9.95. The van der Waals surface area contributed by atoms with Gasteiger partial charge < -0.3 is 19.2 Å². The normalized spacial score (nSPS) is 18.3. The summed E-state index contributed by atoms with van der Waals surface area (Å²) in [7, 11) is 0. The molecule has 1 amide bonds. The Kier molecular flexibility index (Phi) is 6.88. The van der Waals surface area contributed by atoms with Gasteiger partial charge in [-0.1, -0.05) is 27.2 Å². The van der Waals surface area contributed by atoms with Crippen molar-refractivity contribution in [2.24, 2.45) is 0 Å². The van der Waals surface area contributed by atoms with Crippen molar-refractivity contribution in [2.75, 3.05) is 13.2 Å². The van der Waals surface area contributed by atoms with Crippen LogP contribution in [-0.4, -0.2) is 34.8 Å². The monoisotopic (exact) mass is 425 g/mol. The van der Waals surface area contributed by atoms with Crippen LogP contribution in [0, 0.1) is 6.92 Å². The highest BCUT2D eigenvalue weighted by atomic mass is 16.5. The van der Waals surface area contributed by atoms with E-state index < -0.39 is 17.7 Å². The van der Waals surface area contributed by atoms with Crippen LogP contribution in [0.2, 0.25) is 0 Å².